The van der Waals surface area contributed by atoms with Crippen molar-refractivity contribution < 1.29 is 35.8 Å². The number of pyridine rings is 2. The minimum Gasteiger partial charge on any atom is -0.495 e. The predicted molar refractivity (Wildman–Crippen MR) is 247 cm³/mol. The molecule has 0 saturated carbocycles. The molecule has 0 aliphatic carbocycles. The quantitative estimate of drug-likeness (QED) is 0.0915. The molecule has 17 heteroatoms. The minimum atomic E-state index is -4.34. The third-order valence-corrected chi connectivity index (χ3v) is 12.6. The van der Waals surface area contributed by atoms with Gasteiger partial charge in [-0.1, -0.05) is 58.4 Å². The van der Waals surface area contributed by atoms with Crippen molar-refractivity contribution in [1.82, 2.24) is 29.5 Å². The van der Waals surface area contributed by atoms with Gasteiger partial charge in [0.25, 0.3) is 0 Å². The molecule has 0 radical (unpaired) electrons. The Morgan fingerprint density at radius 3 is 1.67 bits per heavy atom. The molecular formula is C47H49ClF6N6O2S2. The first kappa shape index (κ1) is 49.6. The molecule has 6 aromatic heterocycles. The van der Waals surface area contributed by atoms with E-state index in [9.17, 15) is 26.3 Å². The van der Waals surface area contributed by atoms with Crippen LogP contribution >= 0.6 is 34.3 Å². The summed E-state index contributed by atoms with van der Waals surface area (Å²) in [6.45, 7) is 4.84. The van der Waals surface area contributed by atoms with E-state index in [0.29, 0.717) is 29.3 Å². The number of thiazole rings is 2. The lowest BCUT2D eigenvalue weighted by atomic mass is 10.1. The zero-order valence-corrected chi connectivity index (χ0v) is 37.3. The molecule has 0 spiro atoms. The number of H-pyrrole nitrogens is 1. The van der Waals surface area contributed by atoms with Gasteiger partial charge in [-0.25, -0.2) is 19.9 Å². The van der Waals surface area contributed by atoms with Crippen LogP contribution in [0.2, 0.25) is 0 Å². The second-order valence-electron chi connectivity index (χ2n) is 14.3. The van der Waals surface area contributed by atoms with Gasteiger partial charge in [0.05, 0.1) is 61.6 Å². The van der Waals surface area contributed by atoms with Crippen molar-refractivity contribution in [2.45, 2.75) is 84.6 Å². The van der Waals surface area contributed by atoms with Gasteiger partial charge in [0, 0.05) is 44.0 Å². The SMILES string of the molecule is C.CCCCc1nc(-c2ccc(C(F)(F)F)cc2)sc1CCl.CCCCc1nc(-c2ccc(C(F)(F)F)cc2)sc1Cn1ccc2cc(OC)cnc21.COc1cnc2[nH]ccc2c1. The lowest BCUT2D eigenvalue weighted by molar-refractivity contribution is -0.138. The molecule has 64 heavy (non-hydrogen) atoms. The second kappa shape index (κ2) is 22.4. The first-order chi connectivity index (χ1) is 30.2. The van der Waals surface area contributed by atoms with E-state index in [-0.39, 0.29) is 7.43 Å². The number of ether oxygens (including phenoxy) is 2. The van der Waals surface area contributed by atoms with E-state index in [0.717, 1.165) is 122 Å². The number of nitrogens with one attached hydrogen (secondary N) is 1. The highest BCUT2D eigenvalue weighted by atomic mass is 35.5. The zero-order valence-electron chi connectivity index (χ0n) is 34.9. The number of methoxy groups -OCH3 is 2. The average Bonchev–Trinajstić information content (AvgIpc) is 4.11. The standard InChI is InChI=1S/C23H22F3N3OS.C15H15ClF3NS.C8H8N2O.CH4/c1-3-4-5-19-20(14-29-11-10-16-12-18(30-2)13-27-21(16)29)31-22(28-19)15-6-8-17(9-7-15)23(24,25)26;1-2-3-4-12-13(9-16)21-14(20-12)10-5-7-11(8-6-10)15(17,18)19;1-11-7-4-6-2-3-9-8(6)10-5-7;/h6-13H,3-5,14H2,1-2H3;5-8H,2-4,9H2,1H3;2-5H,1H3,(H,9,10);1H4. The van der Waals surface area contributed by atoms with E-state index in [2.05, 4.69) is 38.4 Å². The van der Waals surface area contributed by atoms with Gasteiger partial charge in [-0.15, -0.1) is 34.3 Å². The Bertz CT molecular complexity index is 2690. The molecule has 6 heterocycles. The summed E-state index contributed by atoms with van der Waals surface area (Å²) in [5.74, 6) is 1.88. The highest BCUT2D eigenvalue weighted by Crippen LogP contribution is 2.36. The van der Waals surface area contributed by atoms with Crippen molar-refractivity contribution in [1.29, 1.82) is 0 Å². The van der Waals surface area contributed by atoms with Gasteiger partial charge < -0.3 is 19.0 Å². The van der Waals surface area contributed by atoms with Gasteiger partial charge in [0.1, 0.15) is 32.8 Å². The highest BCUT2D eigenvalue weighted by Gasteiger charge is 2.31. The molecule has 8 aromatic rings. The summed E-state index contributed by atoms with van der Waals surface area (Å²) < 4.78 is 88.6. The van der Waals surface area contributed by atoms with Gasteiger partial charge in [-0.2, -0.15) is 26.3 Å². The summed E-state index contributed by atoms with van der Waals surface area (Å²) >= 11 is 8.90. The topological polar surface area (TPSA) is 90.7 Å². The fraction of sp³-hybridized carbons (Fsp3) is 0.319. The summed E-state index contributed by atoms with van der Waals surface area (Å²) in [7, 11) is 3.25. The smallest absolute Gasteiger partial charge is 0.416 e. The maximum absolute atomic E-state index is 12.9. The fourth-order valence-corrected chi connectivity index (χ4v) is 8.80. The molecule has 8 nitrogen and oxygen atoms in total. The molecule has 0 unspecified atom stereocenters. The number of rotatable bonds is 13. The van der Waals surface area contributed by atoms with Crippen LogP contribution in [0.4, 0.5) is 26.3 Å². The van der Waals surface area contributed by atoms with E-state index >= 15 is 0 Å². The van der Waals surface area contributed by atoms with Crippen LogP contribution in [0, 0.1) is 0 Å². The maximum atomic E-state index is 12.9. The molecule has 0 fully saturated rings. The lowest BCUT2D eigenvalue weighted by Gasteiger charge is -2.06. The fourth-order valence-electron chi connectivity index (χ4n) is 6.41. The Hall–Kier alpha value is -5.45. The van der Waals surface area contributed by atoms with Crippen LogP contribution in [-0.2, 0) is 37.6 Å². The van der Waals surface area contributed by atoms with Crippen LogP contribution in [0.3, 0.4) is 0 Å². The normalized spacial score (nSPS) is 11.4. The van der Waals surface area contributed by atoms with Crippen molar-refractivity contribution in [2.75, 3.05) is 14.2 Å². The zero-order chi connectivity index (χ0) is 45.1. The monoisotopic (exact) mass is 942 g/mol. The third-order valence-electron chi connectivity index (χ3n) is 9.87. The Morgan fingerprint density at radius 2 is 1.17 bits per heavy atom. The molecule has 8 rings (SSSR count). The molecule has 340 valence electrons. The first-order valence-electron chi connectivity index (χ1n) is 20.1. The Kier molecular flexibility index (Phi) is 17.4. The number of unbranched alkanes of at least 4 members (excludes halogenated alkanes) is 2. The second-order valence-corrected chi connectivity index (χ2v) is 16.7. The van der Waals surface area contributed by atoms with E-state index in [1.54, 1.807) is 26.6 Å². The Balaban J connectivity index is 0.000000200. The molecule has 0 aliphatic heterocycles. The lowest BCUT2D eigenvalue weighted by Crippen LogP contribution is -2.03. The number of aryl methyl sites for hydroxylation is 2. The van der Waals surface area contributed by atoms with Crippen molar-refractivity contribution >= 4 is 56.3 Å². The van der Waals surface area contributed by atoms with Gasteiger partial charge in [-0.05, 0) is 74.2 Å². The number of hydrogen-bond acceptors (Lipinski definition) is 8. The van der Waals surface area contributed by atoms with Crippen molar-refractivity contribution in [3.63, 3.8) is 0 Å². The van der Waals surface area contributed by atoms with Crippen LogP contribution in [0.5, 0.6) is 11.5 Å². The summed E-state index contributed by atoms with van der Waals surface area (Å²) in [6.07, 6.45) is 4.41. The summed E-state index contributed by atoms with van der Waals surface area (Å²) in [5.41, 5.74) is 3.80. The van der Waals surface area contributed by atoms with Crippen molar-refractivity contribution in [2.24, 2.45) is 0 Å². The minimum absolute atomic E-state index is 0. The predicted octanol–water partition coefficient (Wildman–Crippen LogP) is 14.7. The molecule has 0 aliphatic rings. The molecule has 0 amide bonds. The number of alkyl halides is 7. The van der Waals surface area contributed by atoms with Crippen molar-refractivity contribution in [3.05, 3.63) is 130 Å². The third kappa shape index (κ3) is 12.6. The van der Waals surface area contributed by atoms with E-state index < -0.39 is 23.5 Å². The van der Waals surface area contributed by atoms with Crippen LogP contribution in [0.15, 0.2) is 97.6 Å². The summed E-state index contributed by atoms with van der Waals surface area (Å²) in [4.78, 5) is 23.1. The van der Waals surface area contributed by atoms with Crippen molar-refractivity contribution in [3.8, 4) is 32.6 Å². The molecular weight excluding hydrogens is 894 g/mol. The number of hydrogen-bond donors (Lipinski definition) is 1. The van der Waals surface area contributed by atoms with E-state index in [1.165, 1.54) is 46.9 Å². The molecule has 0 bridgehead atoms. The van der Waals surface area contributed by atoms with Gasteiger partial charge in [0.15, 0.2) is 0 Å². The maximum Gasteiger partial charge on any atom is 0.416 e. The molecule has 2 aromatic carbocycles. The van der Waals surface area contributed by atoms with Crippen LogP contribution in [0.25, 0.3) is 43.2 Å². The average molecular weight is 944 g/mol. The largest absolute Gasteiger partial charge is 0.495 e. The van der Waals surface area contributed by atoms with E-state index in [4.69, 9.17) is 26.1 Å². The Labute approximate surface area is 381 Å². The molecule has 0 saturated heterocycles. The van der Waals surface area contributed by atoms with Crippen LogP contribution in [0.1, 0.15) is 79.2 Å². The van der Waals surface area contributed by atoms with Gasteiger partial charge in [-0.3, -0.25) is 0 Å². The Morgan fingerprint density at radius 1 is 0.672 bits per heavy atom. The summed E-state index contributed by atoms with van der Waals surface area (Å²) in [5, 5.41) is 3.53. The first-order valence-corrected chi connectivity index (χ1v) is 22.3. The number of nitrogens with zero attached hydrogens (tertiary/aromatic N) is 5. The molecule has 0 atom stereocenters. The number of benzene rings is 2. The van der Waals surface area contributed by atoms with Crippen LogP contribution in [-0.4, -0.2) is 43.7 Å². The van der Waals surface area contributed by atoms with Gasteiger partial charge >= 0.3 is 12.4 Å². The summed E-state index contributed by atoms with van der Waals surface area (Å²) in [6, 6.07) is 18.1. The van der Waals surface area contributed by atoms with Gasteiger partial charge in [0.2, 0.25) is 0 Å². The number of halogens is 7. The highest BCUT2D eigenvalue weighted by molar-refractivity contribution is 7.15. The number of aromatic amines is 1. The van der Waals surface area contributed by atoms with Crippen LogP contribution < -0.4 is 9.47 Å². The molecule has 1 N–H and O–H groups in total. The number of aromatic nitrogens is 6. The number of fused-ring (bicyclic) bond motifs is 2. The van der Waals surface area contributed by atoms with E-state index in [1.807, 2.05) is 36.7 Å².